The second kappa shape index (κ2) is 6.13. The van der Waals surface area contributed by atoms with Crippen LogP contribution in [0.25, 0.3) is 0 Å². The van der Waals surface area contributed by atoms with Gasteiger partial charge in [0.1, 0.15) is 11.4 Å². The monoisotopic (exact) mass is 419 g/mol. The molecular weight excluding hydrogens is 391 g/mol. The summed E-state index contributed by atoms with van der Waals surface area (Å²) in [5, 5.41) is 0. The molecule has 6 aliphatic rings. The average Bonchev–Trinajstić information content (AvgIpc) is 3.25. The van der Waals surface area contributed by atoms with Crippen molar-refractivity contribution >= 4 is 11.7 Å². The van der Waals surface area contributed by atoms with E-state index >= 15 is 0 Å². The van der Waals surface area contributed by atoms with Gasteiger partial charge in [0.25, 0.3) is 0 Å². The maximum absolute atomic E-state index is 13.9. The van der Waals surface area contributed by atoms with Crippen molar-refractivity contribution in [2.24, 2.45) is 17.8 Å². The fraction of sp³-hybridized carbons (Fsp3) is 0.739. The number of rotatable bonds is 2. The zero-order valence-corrected chi connectivity index (χ0v) is 17.1. The zero-order chi connectivity index (χ0) is 20.7. The van der Waals surface area contributed by atoms with Gasteiger partial charge < -0.3 is 9.80 Å². The number of pyridine rings is 1. The Balaban J connectivity index is 1.29. The van der Waals surface area contributed by atoms with E-state index in [2.05, 4.69) is 9.88 Å². The fourth-order valence-electron chi connectivity index (χ4n) is 8.01. The first-order valence-electron chi connectivity index (χ1n) is 11.4. The van der Waals surface area contributed by atoms with Gasteiger partial charge in [-0.15, -0.1) is 0 Å². The van der Waals surface area contributed by atoms with Gasteiger partial charge in [-0.05, 0) is 87.7 Å². The minimum atomic E-state index is -4.40. The van der Waals surface area contributed by atoms with E-state index in [1.54, 1.807) is 0 Å². The Morgan fingerprint density at radius 1 is 0.933 bits per heavy atom. The Labute approximate surface area is 174 Å². The first kappa shape index (κ1) is 18.9. The summed E-state index contributed by atoms with van der Waals surface area (Å²) in [7, 11) is 0. The Bertz CT molecular complexity index is 832. The molecule has 4 nitrogen and oxygen atoms in total. The SMILES string of the molecule is O=C1N(C23CC4CC(CC(C4)C2)C3)CCC12CCCN2c1ccc(C(F)(F)F)cn1. The number of halogens is 3. The summed E-state index contributed by atoms with van der Waals surface area (Å²) in [6.45, 7) is 1.46. The van der Waals surface area contributed by atoms with Gasteiger partial charge in [0.05, 0.1) is 5.56 Å². The smallest absolute Gasteiger partial charge is 0.342 e. The minimum absolute atomic E-state index is 0.0389. The van der Waals surface area contributed by atoms with Crippen molar-refractivity contribution in [1.82, 2.24) is 9.88 Å². The minimum Gasteiger partial charge on any atom is -0.342 e. The lowest BCUT2D eigenvalue weighted by Crippen LogP contribution is -2.62. The number of carbonyl (C=O) groups is 1. The van der Waals surface area contributed by atoms with Crippen LogP contribution >= 0.6 is 0 Å². The fourth-order valence-corrected chi connectivity index (χ4v) is 8.01. The molecule has 0 N–H and O–H groups in total. The molecular formula is C23H28F3N3O. The van der Waals surface area contributed by atoms with Crippen LogP contribution in [-0.4, -0.2) is 40.0 Å². The van der Waals surface area contributed by atoms with E-state index in [0.29, 0.717) is 12.4 Å². The quantitative estimate of drug-likeness (QED) is 0.701. The Hall–Kier alpha value is -1.79. The molecule has 6 fully saturated rings. The predicted octanol–water partition coefficient (Wildman–Crippen LogP) is 4.64. The maximum atomic E-state index is 13.9. The van der Waals surface area contributed by atoms with E-state index in [4.69, 9.17) is 0 Å². The summed E-state index contributed by atoms with van der Waals surface area (Å²) in [6, 6.07) is 2.53. The highest BCUT2D eigenvalue weighted by Crippen LogP contribution is 2.59. The summed E-state index contributed by atoms with van der Waals surface area (Å²) in [6.07, 6.45) is 6.40. The molecule has 4 aliphatic carbocycles. The van der Waals surface area contributed by atoms with Crippen LogP contribution < -0.4 is 4.90 Å². The first-order chi connectivity index (χ1) is 14.3. The molecule has 1 aromatic heterocycles. The number of hydrogen-bond acceptors (Lipinski definition) is 3. The number of nitrogens with zero attached hydrogens (tertiary/aromatic N) is 3. The summed E-state index contributed by atoms with van der Waals surface area (Å²) in [4.78, 5) is 22.3. The van der Waals surface area contributed by atoms with Gasteiger partial charge in [0, 0.05) is 24.8 Å². The topological polar surface area (TPSA) is 36.4 Å². The van der Waals surface area contributed by atoms with E-state index in [1.165, 1.54) is 25.3 Å². The molecule has 1 aromatic rings. The molecule has 2 saturated heterocycles. The second-order valence-electron chi connectivity index (χ2n) is 10.5. The van der Waals surface area contributed by atoms with Crippen LogP contribution in [0.3, 0.4) is 0 Å². The number of amides is 1. The van der Waals surface area contributed by atoms with Crippen LogP contribution in [0.4, 0.5) is 19.0 Å². The molecule has 7 rings (SSSR count). The zero-order valence-electron chi connectivity index (χ0n) is 17.1. The maximum Gasteiger partial charge on any atom is 0.417 e. The Morgan fingerprint density at radius 3 is 2.17 bits per heavy atom. The molecule has 0 radical (unpaired) electrons. The molecule has 1 unspecified atom stereocenters. The molecule has 1 atom stereocenters. The van der Waals surface area contributed by atoms with Gasteiger partial charge in [-0.1, -0.05) is 0 Å². The van der Waals surface area contributed by atoms with Crippen LogP contribution in [0.15, 0.2) is 18.3 Å². The van der Waals surface area contributed by atoms with Crippen molar-refractivity contribution in [2.45, 2.75) is 75.0 Å². The number of likely N-dealkylation sites (tertiary alicyclic amines) is 1. The third-order valence-corrected chi connectivity index (χ3v) is 8.81. The number of aromatic nitrogens is 1. The van der Waals surface area contributed by atoms with Crippen LogP contribution in [-0.2, 0) is 11.0 Å². The lowest BCUT2D eigenvalue weighted by molar-refractivity contribution is -0.148. The van der Waals surface area contributed by atoms with Crippen molar-refractivity contribution < 1.29 is 18.0 Å². The lowest BCUT2D eigenvalue weighted by atomic mass is 9.52. The average molecular weight is 419 g/mol. The standard InChI is InChI=1S/C23H28F3N3O/c24-23(25,26)18-2-3-19(27-14-18)28-6-1-4-22(28)5-7-29(20(22)30)21-11-15-8-16(12-21)10-17(9-15)13-21/h2-3,14-17H,1,4-13H2. The van der Waals surface area contributed by atoms with Crippen molar-refractivity contribution in [2.75, 3.05) is 18.0 Å². The molecule has 3 heterocycles. The lowest BCUT2D eigenvalue weighted by Gasteiger charge is -2.60. The molecule has 30 heavy (non-hydrogen) atoms. The summed E-state index contributed by atoms with van der Waals surface area (Å²) >= 11 is 0. The van der Waals surface area contributed by atoms with E-state index < -0.39 is 17.3 Å². The molecule has 1 spiro atoms. The molecule has 7 heteroatoms. The third-order valence-electron chi connectivity index (χ3n) is 8.81. The molecule has 1 amide bonds. The largest absolute Gasteiger partial charge is 0.417 e. The van der Waals surface area contributed by atoms with Gasteiger partial charge in [-0.2, -0.15) is 13.2 Å². The van der Waals surface area contributed by atoms with Gasteiger partial charge in [-0.25, -0.2) is 4.98 Å². The van der Waals surface area contributed by atoms with E-state index in [-0.39, 0.29) is 11.4 Å². The summed E-state index contributed by atoms with van der Waals surface area (Å²) in [5.41, 5.74) is -1.32. The molecule has 4 saturated carbocycles. The summed E-state index contributed by atoms with van der Waals surface area (Å²) < 4.78 is 38.8. The number of alkyl halides is 3. The van der Waals surface area contributed by atoms with Crippen molar-refractivity contribution in [3.05, 3.63) is 23.9 Å². The second-order valence-corrected chi connectivity index (χ2v) is 10.5. The van der Waals surface area contributed by atoms with Crippen molar-refractivity contribution in [3.8, 4) is 0 Å². The van der Waals surface area contributed by atoms with E-state index in [0.717, 1.165) is 75.1 Å². The van der Waals surface area contributed by atoms with Crippen LogP contribution in [0.5, 0.6) is 0 Å². The molecule has 0 aromatic carbocycles. The normalized spacial score (nSPS) is 40.2. The van der Waals surface area contributed by atoms with Crippen LogP contribution in [0.1, 0.15) is 63.4 Å². The summed E-state index contributed by atoms with van der Waals surface area (Å²) in [5.74, 6) is 3.04. The highest BCUT2D eigenvalue weighted by Gasteiger charge is 2.61. The predicted molar refractivity (Wildman–Crippen MR) is 106 cm³/mol. The molecule has 162 valence electrons. The Kier molecular flexibility index (Phi) is 3.87. The van der Waals surface area contributed by atoms with Gasteiger partial charge in [0.2, 0.25) is 5.91 Å². The van der Waals surface area contributed by atoms with Crippen LogP contribution in [0, 0.1) is 17.8 Å². The molecule has 2 aliphatic heterocycles. The number of hydrogen-bond donors (Lipinski definition) is 0. The van der Waals surface area contributed by atoms with Crippen LogP contribution in [0.2, 0.25) is 0 Å². The van der Waals surface area contributed by atoms with E-state index in [9.17, 15) is 18.0 Å². The van der Waals surface area contributed by atoms with Crippen molar-refractivity contribution in [1.29, 1.82) is 0 Å². The highest BCUT2D eigenvalue weighted by atomic mass is 19.4. The third kappa shape index (κ3) is 2.59. The van der Waals surface area contributed by atoms with Gasteiger partial charge in [0.15, 0.2) is 0 Å². The first-order valence-corrected chi connectivity index (χ1v) is 11.4. The number of anilines is 1. The molecule has 4 bridgehead atoms. The van der Waals surface area contributed by atoms with Crippen molar-refractivity contribution in [3.63, 3.8) is 0 Å². The van der Waals surface area contributed by atoms with Gasteiger partial charge >= 0.3 is 6.18 Å². The highest BCUT2D eigenvalue weighted by molar-refractivity contribution is 5.93. The Morgan fingerprint density at radius 2 is 1.60 bits per heavy atom. The number of carbonyl (C=O) groups excluding carboxylic acids is 1. The van der Waals surface area contributed by atoms with Gasteiger partial charge in [-0.3, -0.25) is 4.79 Å². The van der Waals surface area contributed by atoms with E-state index in [1.807, 2.05) is 4.90 Å².